The zero-order valence-electron chi connectivity index (χ0n) is 6.91. The second-order valence-electron chi connectivity index (χ2n) is 3.55. The van der Waals surface area contributed by atoms with Crippen LogP contribution in [-0.4, -0.2) is 29.3 Å². The van der Waals surface area contributed by atoms with E-state index in [1.807, 2.05) is 0 Å². The van der Waals surface area contributed by atoms with E-state index < -0.39 is 36.1 Å². The average molecular weight is 232 g/mol. The number of piperidine rings is 1. The molecule has 7 heteroatoms. The third kappa shape index (κ3) is 1.68. The zero-order valence-corrected chi connectivity index (χ0v) is 7.73. The first-order valence-electron chi connectivity index (χ1n) is 3.97. The number of hydrogen-bond donors (Lipinski definition) is 2. The highest BCUT2D eigenvalue weighted by Gasteiger charge is 2.68. The lowest BCUT2D eigenvalue weighted by molar-refractivity contribution is -0.157. The molecule has 1 aliphatic heterocycles. The van der Waals surface area contributed by atoms with Crippen molar-refractivity contribution >= 4 is 18.4 Å². The summed E-state index contributed by atoms with van der Waals surface area (Å²) in [4.78, 5) is 10.4. The molecular weight excluding hydrogens is 223 g/mol. The number of rotatable bonds is 1. The van der Waals surface area contributed by atoms with E-state index in [1.54, 1.807) is 0 Å². The minimum absolute atomic E-state index is 0. The smallest absolute Gasteiger partial charge is 0.393 e. The first kappa shape index (κ1) is 11.6. The monoisotopic (exact) mass is 231 g/mol. The number of carboxylic acid groups (broad SMARTS) is 1. The Labute approximate surface area is 84.1 Å². The van der Waals surface area contributed by atoms with E-state index >= 15 is 0 Å². The lowest BCUT2D eigenvalue weighted by Gasteiger charge is -2.12. The van der Waals surface area contributed by atoms with Gasteiger partial charge in [-0.1, -0.05) is 0 Å². The minimum atomic E-state index is -4.17. The van der Waals surface area contributed by atoms with Gasteiger partial charge < -0.3 is 10.4 Å². The summed E-state index contributed by atoms with van der Waals surface area (Å²) < 4.78 is 36.3. The Morgan fingerprint density at radius 2 is 2.00 bits per heavy atom. The van der Waals surface area contributed by atoms with Crippen LogP contribution in [-0.2, 0) is 4.79 Å². The van der Waals surface area contributed by atoms with Gasteiger partial charge in [-0.15, -0.1) is 12.4 Å². The molecule has 3 nitrogen and oxygen atoms in total. The summed E-state index contributed by atoms with van der Waals surface area (Å²) >= 11 is 0. The summed E-state index contributed by atoms with van der Waals surface area (Å²) in [7, 11) is 0. The van der Waals surface area contributed by atoms with Crippen LogP contribution in [0, 0.1) is 11.8 Å². The van der Waals surface area contributed by atoms with Gasteiger partial charge in [-0.3, -0.25) is 4.79 Å². The predicted molar refractivity (Wildman–Crippen MR) is 43.2 cm³/mol. The van der Waals surface area contributed by atoms with E-state index in [-0.39, 0.29) is 18.8 Å². The molecule has 0 aromatic rings. The number of alkyl halides is 3. The van der Waals surface area contributed by atoms with Crippen molar-refractivity contribution in [3.05, 3.63) is 0 Å². The molecule has 14 heavy (non-hydrogen) atoms. The number of carboxylic acids is 1. The minimum Gasteiger partial charge on any atom is -0.480 e. The highest BCUT2D eigenvalue weighted by Crippen LogP contribution is 2.55. The Bertz CT molecular complexity index is 246. The van der Waals surface area contributed by atoms with Gasteiger partial charge >= 0.3 is 12.1 Å². The van der Waals surface area contributed by atoms with Gasteiger partial charge in [0.05, 0.1) is 5.92 Å². The molecule has 2 fully saturated rings. The second kappa shape index (κ2) is 3.27. The molecule has 0 bridgehead atoms. The third-order valence-electron chi connectivity index (χ3n) is 2.75. The standard InChI is InChI=1S/C7H8F3NO2.ClH/c8-7(9,10)4-2-1-3(6(12)13)11-5(2)4;/h2-5,11H,1H2,(H,12,13);1H. The van der Waals surface area contributed by atoms with E-state index in [2.05, 4.69) is 5.32 Å². The number of carbonyl (C=O) groups is 1. The summed E-state index contributed by atoms with van der Waals surface area (Å²) in [6, 6.07) is -1.44. The van der Waals surface area contributed by atoms with Crippen molar-refractivity contribution in [1.29, 1.82) is 0 Å². The molecular formula is C7H9ClF3NO2. The summed E-state index contributed by atoms with van der Waals surface area (Å²) in [6.45, 7) is 0. The van der Waals surface area contributed by atoms with Crippen LogP contribution in [0.1, 0.15) is 6.42 Å². The summed E-state index contributed by atoms with van der Waals surface area (Å²) in [5.41, 5.74) is 0. The van der Waals surface area contributed by atoms with Crippen LogP contribution in [0.25, 0.3) is 0 Å². The molecule has 4 atom stereocenters. The van der Waals surface area contributed by atoms with Gasteiger partial charge in [-0.25, -0.2) is 0 Å². The number of nitrogens with one attached hydrogen (secondary N) is 1. The molecule has 1 heterocycles. The Morgan fingerprint density at radius 3 is 2.29 bits per heavy atom. The predicted octanol–water partition coefficient (Wildman–Crippen LogP) is 1.03. The lowest BCUT2D eigenvalue weighted by atomic mass is 10.1. The fourth-order valence-corrected chi connectivity index (χ4v) is 2.09. The molecule has 0 aromatic carbocycles. The van der Waals surface area contributed by atoms with Crippen molar-refractivity contribution < 1.29 is 23.1 Å². The lowest BCUT2D eigenvalue weighted by Crippen LogP contribution is -2.37. The topological polar surface area (TPSA) is 49.3 Å². The van der Waals surface area contributed by atoms with Crippen molar-refractivity contribution in [2.75, 3.05) is 0 Å². The van der Waals surface area contributed by atoms with Crippen molar-refractivity contribution in [3.8, 4) is 0 Å². The van der Waals surface area contributed by atoms with Gasteiger partial charge in [0.2, 0.25) is 0 Å². The number of fused-ring (bicyclic) bond motifs is 1. The number of aliphatic carboxylic acids is 1. The average Bonchev–Trinajstić information content (AvgIpc) is 2.48. The molecule has 4 unspecified atom stereocenters. The van der Waals surface area contributed by atoms with Crippen LogP contribution in [0.5, 0.6) is 0 Å². The first-order valence-corrected chi connectivity index (χ1v) is 3.97. The molecule has 0 aromatic heterocycles. The van der Waals surface area contributed by atoms with Crippen molar-refractivity contribution in [2.45, 2.75) is 24.7 Å². The van der Waals surface area contributed by atoms with Gasteiger partial charge in [-0.05, 0) is 12.3 Å². The maximum Gasteiger partial charge on any atom is 0.393 e. The Morgan fingerprint density at radius 1 is 1.43 bits per heavy atom. The van der Waals surface area contributed by atoms with Gasteiger partial charge in [0.1, 0.15) is 6.04 Å². The fourth-order valence-electron chi connectivity index (χ4n) is 2.09. The third-order valence-corrected chi connectivity index (χ3v) is 2.75. The van der Waals surface area contributed by atoms with E-state index in [9.17, 15) is 18.0 Å². The highest BCUT2D eigenvalue weighted by molar-refractivity contribution is 5.85. The second-order valence-corrected chi connectivity index (χ2v) is 3.55. The van der Waals surface area contributed by atoms with Crippen LogP contribution in [0.15, 0.2) is 0 Å². The van der Waals surface area contributed by atoms with Crippen molar-refractivity contribution in [1.82, 2.24) is 5.32 Å². The van der Waals surface area contributed by atoms with E-state index in [4.69, 9.17) is 5.11 Å². The molecule has 82 valence electrons. The van der Waals surface area contributed by atoms with E-state index in [0.717, 1.165) is 0 Å². The van der Waals surface area contributed by atoms with Gasteiger partial charge in [0.25, 0.3) is 0 Å². The van der Waals surface area contributed by atoms with Crippen LogP contribution < -0.4 is 5.32 Å². The van der Waals surface area contributed by atoms with Crippen LogP contribution >= 0.6 is 12.4 Å². The van der Waals surface area contributed by atoms with Crippen molar-refractivity contribution in [2.24, 2.45) is 11.8 Å². The molecule has 0 radical (unpaired) electrons. The quantitative estimate of drug-likeness (QED) is 0.709. The molecule has 1 saturated heterocycles. The fraction of sp³-hybridized carbons (Fsp3) is 0.857. The SMILES string of the molecule is Cl.O=C(O)C1CC2C(N1)C2C(F)(F)F. The van der Waals surface area contributed by atoms with E-state index in [1.165, 1.54) is 0 Å². The Hall–Kier alpha value is -0.490. The van der Waals surface area contributed by atoms with E-state index in [0.29, 0.717) is 0 Å². The molecule has 2 N–H and O–H groups in total. The zero-order chi connectivity index (χ0) is 9.80. The summed E-state index contributed by atoms with van der Waals surface area (Å²) in [5, 5.41) is 11.0. The van der Waals surface area contributed by atoms with Crippen LogP contribution in [0.3, 0.4) is 0 Å². The first-order chi connectivity index (χ1) is 5.91. The largest absolute Gasteiger partial charge is 0.480 e. The Kier molecular flexibility index (Phi) is 2.71. The molecule has 1 aliphatic carbocycles. The van der Waals surface area contributed by atoms with Crippen LogP contribution in [0.2, 0.25) is 0 Å². The maximum atomic E-state index is 12.1. The molecule has 0 spiro atoms. The normalized spacial score (nSPS) is 39.9. The molecule has 2 aliphatic rings. The number of halogens is 4. The number of hydrogen-bond acceptors (Lipinski definition) is 2. The van der Waals surface area contributed by atoms with Gasteiger partial charge in [-0.2, -0.15) is 13.2 Å². The molecule has 2 rings (SSSR count). The Balaban J connectivity index is 0.000000980. The van der Waals surface area contributed by atoms with Gasteiger partial charge in [0.15, 0.2) is 0 Å². The molecule has 0 amide bonds. The van der Waals surface area contributed by atoms with Crippen molar-refractivity contribution in [3.63, 3.8) is 0 Å². The summed E-state index contributed by atoms with van der Waals surface area (Å²) in [5.74, 6) is -2.89. The van der Waals surface area contributed by atoms with Crippen LogP contribution in [0.4, 0.5) is 13.2 Å². The maximum absolute atomic E-state index is 12.1. The van der Waals surface area contributed by atoms with Gasteiger partial charge in [0, 0.05) is 6.04 Å². The summed E-state index contributed by atoms with van der Waals surface area (Å²) in [6.07, 6.45) is -4.07. The molecule has 1 saturated carbocycles. The highest BCUT2D eigenvalue weighted by atomic mass is 35.5.